The molecule has 0 spiro atoms. The summed E-state index contributed by atoms with van der Waals surface area (Å²) < 4.78 is 37.0. The fourth-order valence-electron chi connectivity index (χ4n) is 1.36. The van der Waals surface area contributed by atoms with Crippen LogP contribution in [0.25, 0.3) is 5.57 Å². The number of halogens is 3. The second-order valence-electron chi connectivity index (χ2n) is 3.70. The minimum atomic E-state index is -4.50. The van der Waals surface area contributed by atoms with Crippen LogP contribution in [-0.2, 0) is 6.18 Å². The van der Waals surface area contributed by atoms with Crippen LogP contribution >= 0.6 is 0 Å². The van der Waals surface area contributed by atoms with Crippen LogP contribution in [0.3, 0.4) is 0 Å². The summed E-state index contributed by atoms with van der Waals surface area (Å²) in [4.78, 5) is 4.05. The van der Waals surface area contributed by atoms with Crippen LogP contribution in [-0.4, -0.2) is 29.0 Å². The van der Waals surface area contributed by atoms with E-state index in [1.165, 1.54) is 12.3 Å². The van der Waals surface area contributed by atoms with Gasteiger partial charge >= 0.3 is 6.18 Å². The van der Waals surface area contributed by atoms with Crippen molar-refractivity contribution in [2.75, 3.05) is 6.54 Å². The minimum Gasteiger partial charge on any atom is -0.328 e. The Hall–Kier alpha value is -2.20. The van der Waals surface area contributed by atoms with Crippen molar-refractivity contribution < 1.29 is 13.2 Å². The van der Waals surface area contributed by atoms with Crippen LogP contribution < -0.4 is 5.73 Å². The minimum absolute atomic E-state index is 0.268. The number of aliphatic imine (C=N–C) groups is 1. The Balaban J connectivity index is 2.27. The van der Waals surface area contributed by atoms with E-state index in [2.05, 4.69) is 27.0 Å². The predicted molar refractivity (Wildman–Crippen MR) is 64.1 cm³/mol. The first-order valence-electron chi connectivity index (χ1n) is 5.37. The van der Waals surface area contributed by atoms with E-state index in [1.54, 1.807) is 6.08 Å². The van der Waals surface area contributed by atoms with Crippen molar-refractivity contribution in [1.29, 1.82) is 0 Å². The number of nitrogens with two attached hydrogens (primary N) is 1. The van der Waals surface area contributed by atoms with E-state index in [-0.39, 0.29) is 18.3 Å². The molecule has 1 aromatic rings. The van der Waals surface area contributed by atoms with Gasteiger partial charge in [-0.05, 0) is 18.2 Å². The molecular formula is C12H9F3N4. The summed E-state index contributed by atoms with van der Waals surface area (Å²) in [6, 6.07) is 1.79. The third kappa shape index (κ3) is 3.17. The normalized spacial score (nSPS) is 18.3. The molecule has 0 radical (unpaired) electrons. The Kier molecular flexibility index (Phi) is 3.62. The van der Waals surface area contributed by atoms with Gasteiger partial charge in [-0.3, -0.25) is 4.99 Å². The van der Waals surface area contributed by atoms with Gasteiger partial charge in [0.1, 0.15) is 11.7 Å². The Morgan fingerprint density at radius 1 is 1.26 bits per heavy atom. The highest BCUT2D eigenvalue weighted by atomic mass is 19.4. The number of alkyl halides is 3. The lowest BCUT2D eigenvalue weighted by Crippen LogP contribution is -2.15. The molecule has 1 aliphatic heterocycles. The zero-order valence-electron chi connectivity index (χ0n) is 9.65. The van der Waals surface area contributed by atoms with Crippen molar-refractivity contribution >= 4 is 11.8 Å². The molecular weight excluding hydrogens is 257 g/mol. The standard InChI is InChI=1S/C12H9F3N4/c13-12(14,15)11-4-3-10(18-19-11)8-1-2-9(7-16)17-6-5-8/h3-6,9H,7,16H2/t9-/m0/s1. The lowest BCUT2D eigenvalue weighted by atomic mass is 10.1. The fourth-order valence-corrected chi connectivity index (χ4v) is 1.36. The van der Waals surface area contributed by atoms with Crippen LogP contribution in [0.1, 0.15) is 11.4 Å². The molecule has 0 saturated heterocycles. The number of nitrogens with zero attached hydrogens (tertiary/aromatic N) is 3. The van der Waals surface area contributed by atoms with Gasteiger partial charge in [-0.2, -0.15) is 13.2 Å². The van der Waals surface area contributed by atoms with Crippen LogP contribution in [0.15, 0.2) is 23.2 Å². The van der Waals surface area contributed by atoms with E-state index in [0.717, 1.165) is 6.07 Å². The van der Waals surface area contributed by atoms with Gasteiger partial charge < -0.3 is 5.73 Å². The van der Waals surface area contributed by atoms with Gasteiger partial charge in [0, 0.05) is 12.8 Å². The summed E-state index contributed by atoms with van der Waals surface area (Å²) in [5.41, 5.74) is 5.12. The average Bonchev–Trinajstić information content (AvgIpc) is 2.63. The molecule has 1 atom stereocenters. The van der Waals surface area contributed by atoms with E-state index >= 15 is 0 Å². The number of rotatable bonds is 2. The molecule has 1 aliphatic rings. The van der Waals surface area contributed by atoms with E-state index in [0.29, 0.717) is 5.57 Å². The van der Waals surface area contributed by atoms with Crippen molar-refractivity contribution in [3.63, 3.8) is 0 Å². The van der Waals surface area contributed by atoms with E-state index in [4.69, 9.17) is 5.73 Å². The molecule has 0 fully saturated rings. The first kappa shape index (κ1) is 13.2. The summed E-state index contributed by atoms with van der Waals surface area (Å²) in [5.74, 6) is 5.57. The lowest BCUT2D eigenvalue weighted by molar-refractivity contribution is -0.141. The molecule has 0 unspecified atom stereocenters. The third-order valence-corrected chi connectivity index (χ3v) is 2.33. The second-order valence-corrected chi connectivity index (χ2v) is 3.70. The Bertz CT molecular complexity index is 576. The Morgan fingerprint density at radius 2 is 2.05 bits per heavy atom. The molecule has 0 aliphatic carbocycles. The molecule has 4 nitrogen and oxygen atoms in total. The average molecular weight is 266 g/mol. The maximum absolute atomic E-state index is 12.3. The molecule has 2 rings (SSSR count). The molecule has 7 heteroatoms. The number of hydrogen-bond acceptors (Lipinski definition) is 4. The topological polar surface area (TPSA) is 64.2 Å². The van der Waals surface area contributed by atoms with Gasteiger partial charge in [0.2, 0.25) is 0 Å². The summed E-state index contributed by atoms with van der Waals surface area (Å²) in [6.45, 7) is 0.281. The number of allylic oxidation sites excluding steroid dienone is 2. The van der Waals surface area contributed by atoms with Gasteiger partial charge in [-0.1, -0.05) is 11.8 Å². The predicted octanol–water partition coefficient (Wildman–Crippen LogP) is 1.29. The maximum Gasteiger partial charge on any atom is 0.435 e. The summed E-state index contributed by atoms with van der Waals surface area (Å²) in [7, 11) is 0. The van der Waals surface area contributed by atoms with E-state index < -0.39 is 11.9 Å². The zero-order chi connectivity index (χ0) is 13.9. The van der Waals surface area contributed by atoms with Crippen molar-refractivity contribution in [3.05, 3.63) is 29.6 Å². The van der Waals surface area contributed by atoms with E-state index in [1.807, 2.05) is 0 Å². The molecule has 2 N–H and O–H groups in total. The van der Waals surface area contributed by atoms with Crippen molar-refractivity contribution in [2.24, 2.45) is 10.7 Å². The summed E-state index contributed by atoms with van der Waals surface area (Å²) in [6.07, 6.45) is -1.43. The molecule has 98 valence electrons. The quantitative estimate of drug-likeness (QED) is 0.820. The van der Waals surface area contributed by atoms with Crippen LogP contribution in [0.4, 0.5) is 13.2 Å². The summed E-state index contributed by atoms with van der Waals surface area (Å²) in [5, 5.41) is 6.67. The molecule has 0 saturated carbocycles. The molecule has 0 bridgehead atoms. The highest BCUT2D eigenvalue weighted by molar-refractivity contribution is 5.91. The van der Waals surface area contributed by atoms with Crippen molar-refractivity contribution in [3.8, 4) is 11.8 Å². The molecule has 19 heavy (non-hydrogen) atoms. The van der Waals surface area contributed by atoms with Gasteiger partial charge in [0.15, 0.2) is 5.69 Å². The number of hydrogen-bond donors (Lipinski definition) is 1. The molecule has 2 heterocycles. The van der Waals surface area contributed by atoms with Crippen molar-refractivity contribution in [1.82, 2.24) is 10.2 Å². The van der Waals surface area contributed by atoms with Crippen molar-refractivity contribution in [2.45, 2.75) is 12.2 Å². The SMILES string of the molecule is NC[C@@H]1C#CC(c2ccc(C(F)(F)F)nn2)=CC=N1. The Morgan fingerprint density at radius 3 is 2.63 bits per heavy atom. The van der Waals surface area contributed by atoms with E-state index in [9.17, 15) is 13.2 Å². The lowest BCUT2D eigenvalue weighted by Gasteiger charge is -2.04. The highest BCUT2D eigenvalue weighted by Gasteiger charge is 2.32. The van der Waals surface area contributed by atoms with Crippen LogP contribution in [0.5, 0.6) is 0 Å². The smallest absolute Gasteiger partial charge is 0.328 e. The molecule has 0 aromatic carbocycles. The fraction of sp³-hybridized carbons (Fsp3) is 0.250. The first-order valence-corrected chi connectivity index (χ1v) is 5.37. The summed E-state index contributed by atoms with van der Waals surface area (Å²) >= 11 is 0. The number of aromatic nitrogens is 2. The van der Waals surface area contributed by atoms with Gasteiger partial charge in [-0.25, -0.2) is 0 Å². The van der Waals surface area contributed by atoms with Crippen LogP contribution in [0.2, 0.25) is 0 Å². The van der Waals surface area contributed by atoms with Gasteiger partial charge in [0.25, 0.3) is 0 Å². The molecule has 0 amide bonds. The van der Waals surface area contributed by atoms with Crippen LogP contribution in [0, 0.1) is 11.8 Å². The zero-order valence-corrected chi connectivity index (χ0v) is 9.65. The highest BCUT2D eigenvalue weighted by Crippen LogP contribution is 2.27. The first-order chi connectivity index (χ1) is 9.00. The monoisotopic (exact) mass is 266 g/mol. The maximum atomic E-state index is 12.3. The second kappa shape index (κ2) is 5.20. The largest absolute Gasteiger partial charge is 0.435 e. The van der Waals surface area contributed by atoms with Gasteiger partial charge in [0.05, 0.1) is 5.57 Å². The Labute approximate surface area is 107 Å². The molecule has 1 aromatic heterocycles. The third-order valence-electron chi connectivity index (χ3n) is 2.33. The van der Waals surface area contributed by atoms with Gasteiger partial charge in [-0.15, -0.1) is 10.2 Å².